The van der Waals surface area contributed by atoms with E-state index in [2.05, 4.69) is 9.88 Å². The molecule has 2 aliphatic rings. The van der Waals surface area contributed by atoms with Gasteiger partial charge in [-0.2, -0.15) is 0 Å². The molecule has 2 aliphatic heterocycles. The van der Waals surface area contributed by atoms with Gasteiger partial charge in [0.15, 0.2) is 5.13 Å². The Balaban J connectivity index is 1.73. The van der Waals surface area contributed by atoms with Gasteiger partial charge in [-0.1, -0.05) is 0 Å². The molecule has 2 fully saturated rings. The van der Waals surface area contributed by atoms with Gasteiger partial charge < -0.3 is 10.6 Å². The second-order valence-electron chi connectivity index (χ2n) is 5.01. The zero-order valence-corrected chi connectivity index (χ0v) is 11.2. The summed E-state index contributed by atoms with van der Waals surface area (Å²) >= 11 is 1.33. The van der Waals surface area contributed by atoms with E-state index in [1.807, 2.05) is 4.90 Å². The number of thiazole rings is 1. The Hall–Kier alpha value is -1.14. The molecule has 0 spiro atoms. The van der Waals surface area contributed by atoms with Crippen LogP contribution in [0.2, 0.25) is 0 Å². The fourth-order valence-corrected chi connectivity index (χ4v) is 3.48. The Morgan fingerprint density at radius 3 is 3.00 bits per heavy atom. The van der Waals surface area contributed by atoms with Crippen molar-refractivity contribution in [1.82, 2.24) is 14.8 Å². The number of hydrogen-bond acceptors (Lipinski definition) is 5. The summed E-state index contributed by atoms with van der Waals surface area (Å²) in [4.78, 5) is 20.9. The quantitative estimate of drug-likeness (QED) is 0.825. The van der Waals surface area contributed by atoms with Crippen LogP contribution in [0.25, 0.3) is 0 Å². The summed E-state index contributed by atoms with van der Waals surface area (Å²) in [5.41, 5.74) is 6.09. The number of aromatic nitrogens is 1. The summed E-state index contributed by atoms with van der Waals surface area (Å²) in [5, 5.41) is 2.23. The molecule has 3 heterocycles. The SMILES string of the molecule is Nc1nc(C(=O)N2CCCN3CCCC3C2)cs1. The molecule has 1 unspecified atom stereocenters. The van der Waals surface area contributed by atoms with Gasteiger partial charge in [-0.25, -0.2) is 4.98 Å². The highest BCUT2D eigenvalue weighted by Crippen LogP contribution is 2.22. The van der Waals surface area contributed by atoms with Gasteiger partial charge in [0.1, 0.15) is 5.69 Å². The largest absolute Gasteiger partial charge is 0.375 e. The fraction of sp³-hybridized carbons (Fsp3) is 0.667. The van der Waals surface area contributed by atoms with Crippen LogP contribution in [0, 0.1) is 0 Å². The number of rotatable bonds is 1. The number of hydrogen-bond donors (Lipinski definition) is 1. The predicted molar refractivity (Wildman–Crippen MR) is 71.6 cm³/mol. The second kappa shape index (κ2) is 4.85. The molecule has 0 bridgehead atoms. The molecule has 5 nitrogen and oxygen atoms in total. The lowest BCUT2D eigenvalue weighted by Crippen LogP contribution is -2.39. The summed E-state index contributed by atoms with van der Waals surface area (Å²) in [7, 11) is 0. The van der Waals surface area contributed by atoms with Gasteiger partial charge >= 0.3 is 0 Å². The van der Waals surface area contributed by atoms with E-state index in [9.17, 15) is 4.79 Å². The van der Waals surface area contributed by atoms with Crippen LogP contribution in [-0.2, 0) is 0 Å². The molecule has 6 heteroatoms. The average Bonchev–Trinajstić information content (AvgIpc) is 2.93. The zero-order chi connectivity index (χ0) is 12.5. The summed E-state index contributed by atoms with van der Waals surface area (Å²) in [6.45, 7) is 3.99. The number of carbonyl (C=O) groups excluding carboxylic acids is 1. The highest BCUT2D eigenvalue weighted by atomic mass is 32.1. The van der Waals surface area contributed by atoms with Crippen LogP contribution in [0.5, 0.6) is 0 Å². The molecule has 3 rings (SSSR count). The first-order valence-electron chi connectivity index (χ1n) is 6.48. The molecule has 2 saturated heterocycles. The van der Waals surface area contributed by atoms with Gasteiger partial charge in [-0.3, -0.25) is 9.69 Å². The van der Waals surface area contributed by atoms with Gasteiger partial charge in [-0.05, 0) is 25.8 Å². The van der Waals surface area contributed by atoms with Crippen molar-refractivity contribution >= 4 is 22.4 Å². The Morgan fingerprint density at radius 1 is 1.39 bits per heavy atom. The summed E-state index contributed by atoms with van der Waals surface area (Å²) in [6, 6.07) is 0.549. The summed E-state index contributed by atoms with van der Waals surface area (Å²) < 4.78 is 0. The third-order valence-electron chi connectivity index (χ3n) is 3.83. The standard InChI is InChI=1S/C12H18N4OS/c13-12-14-10(8-18-12)11(17)16-6-2-5-15-4-1-3-9(15)7-16/h8-9H,1-7H2,(H2,13,14). The number of carbonyl (C=O) groups is 1. The van der Waals surface area contributed by atoms with Crippen LogP contribution in [0.4, 0.5) is 5.13 Å². The molecular formula is C12H18N4OS. The van der Waals surface area contributed by atoms with Crippen molar-refractivity contribution in [1.29, 1.82) is 0 Å². The van der Waals surface area contributed by atoms with Crippen LogP contribution >= 0.6 is 11.3 Å². The molecule has 0 saturated carbocycles. The van der Waals surface area contributed by atoms with E-state index in [1.165, 1.54) is 30.7 Å². The maximum atomic E-state index is 12.4. The van der Waals surface area contributed by atoms with Gasteiger partial charge in [0.2, 0.25) is 0 Å². The molecule has 0 aromatic carbocycles. The summed E-state index contributed by atoms with van der Waals surface area (Å²) in [6.07, 6.45) is 3.53. The first kappa shape index (κ1) is 11.9. The Labute approximate surface area is 111 Å². The minimum atomic E-state index is 0.0386. The number of nitrogen functional groups attached to an aromatic ring is 1. The van der Waals surface area contributed by atoms with Gasteiger partial charge in [0.05, 0.1) is 0 Å². The molecule has 1 amide bonds. The molecule has 0 aliphatic carbocycles. The van der Waals surface area contributed by atoms with Gasteiger partial charge in [0, 0.05) is 31.1 Å². The van der Waals surface area contributed by atoms with Crippen molar-refractivity contribution in [2.45, 2.75) is 25.3 Å². The average molecular weight is 266 g/mol. The van der Waals surface area contributed by atoms with Gasteiger partial charge in [-0.15, -0.1) is 11.3 Å². The van der Waals surface area contributed by atoms with E-state index in [0.29, 0.717) is 16.9 Å². The minimum Gasteiger partial charge on any atom is -0.375 e. The van der Waals surface area contributed by atoms with Gasteiger partial charge in [0.25, 0.3) is 5.91 Å². The smallest absolute Gasteiger partial charge is 0.273 e. The monoisotopic (exact) mass is 266 g/mol. The maximum absolute atomic E-state index is 12.4. The number of nitrogens with two attached hydrogens (primary N) is 1. The van der Waals surface area contributed by atoms with E-state index in [0.717, 1.165) is 26.1 Å². The lowest BCUT2D eigenvalue weighted by Gasteiger charge is -2.25. The van der Waals surface area contributed by atoms with Crippen molar-refractivity contribution in [3.05, 3.63) is 11.1 Å². The highest BCUT2D eigenvalue weighted by Gasteiger charge is 2.31. The minimum absolute atomic E-state index is 0.0386. The molecule has 0 radical (unpaired) electrons. The van der Waals surface area contributed by atoms with E-state index < -0.39 is 0 Å². The molecule has 1 atom stereocenters. The lowest BCUT2D eigenvalue weighted by atomic mass is 10.2. The summed E-state index contributed by atoms with van der Waals surface area (Å²) in [5.74, 6) is 0.0386. The molecule has 1 aromatic rings. The van der Waals surface area contributed by atoms with Crippen molar-refractivity contribution in [3.63, 3.8) is 0 Å². The van der Waals surface area contributed by atoms with Crippen molar-refractivity contribution < 1.29 is 4.79 Å². The first-order valence-corrected chi connectivity index (χ1v) is 7.36. The van der Waals surface area contributed by atoms with Crippen LogP contribution in [-0.4, -0.2) is 52.9 Å². The van der Waals surface area contributed by atoms with Crippen molar-refractivity contribution in [2.75, 3.05) is 31.9 Å². The normalized spacial score (nSPS) is 24.9. The van der Waals surface area contributed by atoms with E-state index in [4.69, 9.17) is 5.73 Å². The van der Waals surface area contributed by atoms with Crippen molar-refractivity contribution in [3.8, 4) is 0 Å². The number of nitrogens with zero attached hydrogens (tertiary/aromatic N) is 3. The Kier molecular flexibility index (Phi) is 3.22. The van der Waals surface area contributed by atoms with Crippen LogP contribution in [0.15, 0.2) is 5.38 Å². The fourth-order valence-electron chi connectivity index (χ4n) is 2.94. The molecule has 18 heavy (non-hydrogen) atoms. The molecule has 2 N–H and O–H groups in total. The molecule has 98 valence electrons. The van der Waals surface area contributed by atoms with Crippen LogP contribution in [0.3, 0.4) is 0 Å². The van der Waals surface area contributed by atoms with E-state index in [-0.39, 0.29) is 5.91 Å². The molecular weight excluding hydrogens is 248 g/mol. The number of anilines is 1. The Bertz CT molecular complexity index is 447. The van der Waals surface area contributed by atoms with Crippen molar-refractivity contribution in [2.24, 2.45) is 0 Å². The van der Waals surface area contributed by atoms with Crippen LogP contribution < -0.4 is 5.73 Å². The number of amides is 1. The van der Waals surface area contributed by atoms with E-state index in [1.54, 1.807) is 5.38 Å². The maximum Gasteiger partial charge on any atom is 0.273 e. The molecule has 1 aromatic heterocycles. The lowest BCUT2D eigenvalue weighted by molar-refractivity contribution is 0.0738. The zero-order valence-electron chi connectivity index (χ0n) is 10.3. The first-order chi connectivity index (χ1) is 8.74. The topological polar surface area (TPSA) is 62.5 Å². The third kappa shape index (κ3) is 2.22. The van der Waals surface area contributed by atoms with Crippen LogP contribution in [0.1, 0.15) is 29.8 Å². The Morgan fingerprint density at radius 2 is 2.22 bits per heavy atom. The number of fused-ring (bicyclic) bond motifs is 1. The predicted octanol–water partition coefficient (Wildman–Crippen LogP) is 1.04. The third-order valence-corrected chi connectivity index (χ3v) is 4.51. The highest BCUT2D eigenvalue weighted by molar-refractivity contribution is 7.13. The second-order valence-corrected chi connectivity index (χ2v) is 5.90. The van der Waals surface area contributed by atoms with E-state index >= 15 is 0 Å².